The van der Waals surface area contributed by atoms with E-state index in [2.05, 4.69) is 4.98 Å². The van der Waals surface area contributed by atoms with Crippen LogP contribution in [0.5, 0.6) is 0 Å². The van der Waals surface area contributed by atoms with Crippen LogP contribution < -0.4 is 0 Å². The lowest BCUT2D eigenvalue weighted by atomic mass is 9.65. The Hall–Kier alpha value is -3.28. The molecule has 0 saturated heterocycles. The topological polar surface area (TPSA) is 12.9 Å². The predicted molar refractivity (Wildman–Crippen MR) is 127 cm³/mol. The van der Waals surface area contributed by atoms with Gasteiger partial charge in [0.25, 0.3) is 5.92 Å². The van der Waals surface area contributed by atoms with E-state index < -0.39 is 23.4 Å². The summed E-state index contributed by atoms with van der Waals surface area (Å²) in [6, 6.07) is 19.8. The number of nitrogens with zero attached hydrogens (tertiary/aromatic N) is 1. The fourth-order valence-electron chi connectivity index (χ4n) is 4.67. The highest BCUT2D eigenvalue weighted by Gasteiger charge is 2.44. The number of pyridine rings is 1. The number of halogens is 5. The van der Waals surface area contributed by atoms with Gasteiger partial charge >= 0.3 is 6.18 Å². The van der Waals surface area contributed by atoms with E-state index in [0.717, 1.165) is 29.8 Å². The number of allylic oxidation sites excluding steroid dienone is 4. The molecule has 0 fully saturated rings. The maximum absolute atomic E-state index is 14.0. The largest absolute Gasteiger partial charge is 0.395 e. The monoisotopic (exact) mass is 483 g/mol. The first-order valence-electron chi connectivity index (χ1n) is 11.4. The Labute approximate surface area is 202 Å². The molecule has 182 valence electrons. The zero-order valence-electron chi connectivity index (χ0n) is 19.5. The molecule has 1 heterocycles. The van der Waals surface area contributed by atoms with E-state index in [1.807, 2.05) is 61.5 Å². The van der Waals surface area contributed by atoms with Crippen LogP contribution in [0.25, 0.3) is 0 Å². The first-order valence-corrected chi connectivity index (χ1v) is 11.4. The molecule has 0 spiro atoms. The van der Waals surface area contributed by atoms with Crippen molar-refractivity contribution in [2.45, 2.75) is 44.2 Å². The molecule has 1 aliphatic carbocycles. The minimum atomic E-state index is -4.40. The summed E-state index contributed by atoms with van der Waals surface area (Å²) in [5.74, 6) is -4.72. The summed E-state index contributed by atoms with van der Waals surface area (Å²) in [6.45, 7) is 2.70. The van der Waals surface area contributed by atoms with Crippen molar-refractivity contribution < 1.29 is 22.0 Å². The molecule has 6 heteroatoms. The van der Waals surface area contributed by atoms with Gasteiger partial charge in [0.1, 0.15) is 0 Å². The molecule has 0 saturated carbocycles. The van der Waals surface area contributed by atoms with Crippen molar-refractivity contribution in [3.8, 4) is 0 Å². The normalized spacial score (nSPS) is 18.1. The Bertz CT molecular complexity index is 1220. The van der Waals surface area contributed by atoms with Crippen LogP contribution in [0.15, 0.2) is 96.7 Å². The van der Waals surface area contributed by atoms with Crippen LogP contribution >= 0.6 is 0 Å². The van der Waals surface area contributed by atoms with Crippen LogP contribution in [0.2, 0.25) is 0 Å². The average Bonchev–Trinajstić information content (AvgIpc) is 2.82. The summed E-state index contributed by atoms with van der Waals surface area (Å²) in [5.41, 5.74) is 2.08. The molecular weight excluding hydrogens is 457 g/mol. The number of alkyl halides is 5. The molecular formula is C29H26F5N. The van der Waals surface area contributed by atoms with Crippen LogP contribution in [0.4, 0.5) is 22.0 Å². The van der Waals surface area contributed by atoms with E-state index in [1.165, 1.54) is 24.3 Å². The Morgan fingerprint density at radius 1 is 0.886 bits per heavy atom. The first kappa shape index (κ1) is 24.8. The van der Waals surface area contributed by atoms with Gasteiger partial charge in [-0.05, 0) is 48.6 Å². The van der Waals surface area contributed by atoms with Crippen LogP contribution in [0, 0.1) is 12.8 Å². The van der Waals surface area contributed by atoms with Crippen molar-refractivity contribution in [3.63, 3.8) is 0 Å². The third kappa shape index (κ3) is 5.21. The molecule has 3 aromatic rings. The second-order valence-electron chi connectivity index (χ2n) is 9.17. The number of aromatic nitrogens is 1. The number of hydrogen-bond acceptors (Lipinski definition) is 1. The van der Waals surface area contributed by atoms with Crippen molar-refractivity contribution in [1.82, 2.24) is 4.98 Å². The van der Waals surface area contributed by atoms with E-state index in [1.54, 1.807) is 6.08 Å². The van der Waals surface area contributed by atoms with Crippen LogP contribution in [-0.2, 0) is 17.8 Å². The van der Waals surface area contributed by atoms with E-state index in [-0.39, 0.29) is 12.0 Å². The predicted octanol–water partition coefficient (Wildman–Crippen LogP) is 8.10. The molecule has 1 nitrogen and oxygen atoms in total. The average molecular weight is 484 g/mol. The molecule has 2 unspecified atom stereocenters. The van der Waals surface area contributed by atoms with Gasteiger partial charge in [0.05, 0.1) is 17.0 Å². The molecule has 0 amide bonds. The minimum absolute atomic E-state index is 0.142. The van der Waals surface area contributed by atoms with Gasteiger partial charge in [0.15, 0.2) is 0 Å². The van der Waals surface area contributed by atoms with Gasteiger partial charge in [-0.25, -0.2) is 8.78 Å². The third-order valence-electron chi connectivity index (χ3n) is 6.51. The molecule has 0 bridgehead atoms. The summed E-state index contributed by atoms with van der Waals surface area (Å²) in [4.78, 5) is 4.45. The summed E-state index contributed by atoms with van der Waals surface area (Å²) in [6.07, 6.45) is 1.43. The van der Waals surface area contributed by atoms with Crippen LogP contribution in [0.1, 0.15) is 41.3 Å². The van der Waals surface area contributed by atoms with Crippen molar-refractivity contribution in [1.29, 1.82) is 0 Å². The second kappa shape index (κ2) is 9.40. The molecule has 0 N–H and O–H groups in total. The Morgan fingerprint density at radius 3 is 2.23 bits per heavy atom. The standard InChI is InChI=1S/C29H26F5N/c1-20-8-6-11-22(16-20)28(18-21-9-4-3-5-10-21,23-12-7-13-24(17-23)29(32,33)34)26-15-14-25(19-35-26)27(2,30)31/h3-12,14-17,19,24H,13,18H2,1-2H3. The van der Waals surface area contributed by atoms with E-state index in [0.29, 0.717) is 17.7 Å². The van der Waals surface area contributed by atoms with Crippen molar-refractivity contribution in [2.24, 2.45) is 5.92 Å². The Kier molecular flexibility index (Phi) is 6.67. The van der Waals surface area contributed by atoms with Crippen molar-refractivity contribution >= 4 is 0 Å². The van der Waals surface area contributed by atoms with E-state index in [4.69, 9.17) is 0 Å². The second-order valence-corrected chi connectivity index (χ2v) is 9.17. The molecule has 0 aliphatic heterocycles. The van der Waals surface area contributed by atoms with Gasteiger partial charge in [-0.1, -0.05) is 78.4 Å². The molecule has 2 aromatic carbocycles. The van der Waals surface area contributed by atoms with Crippen LogP contribution in [0.3, 0.4) is 0 Å². The first-order chi connectivity index (χ1) is 16.5. The SMILES string of the molecule is Cc1cccc(C(Cc2ccccc2)(C2=CC(C(F)(F)F)CC=C2)c2ccc(C(C)(F)F)cn2)c1. The number of benzene rings is 2. The molecule has 35 heavy (non-hydrogen) atoms. The Morgan fingerprint density at radius 2 is 1.63 bits per heavy atom. The van der Waals surface area contributed by atoms with Gasteiger partial charge < -0.3 is 0 Å². The minimum Gasteiger partial charge on any atom is -0.259 e. The summed E-state index contributed by atoms with van der Waals surface area (Å²) in [5, 5.41) is 0. The number of aryl methyl sites for hydroxylation is 1. The highest BCUT2D eigenvalue weighted by atomic mass is 19.4. The molecule has 0 radical (unpaired) electrons. The maximum atomic E-state index is 14.0. The van der Waals surface area contributed by atoms with Crippen molar-refractivity contribution in [2.75, 3.05) is 0 Å². The fraction of sp³-hybridized carbons (Fsp3) is 0.276. The van der Waals surface area contributed by atoms with Gasteiger partial charge in [0.2, 0.25) is 0 Å². The van der Waals surface area contributed by atoms with Crippen molar-refractivity contribution in [3.05, 3.63) is 125 Å². The zero-order chi connectivity index (χ0) is 25.3. The fourth-order valence-corrected chi connectivity index (χ4v) is 4.67. The lowest BCUT2D eigenvalue weighted by molar-refractivity contribution is -0.160. The summed E-state index contributed by atoms with van der Waals surface area (Å²) < 4.78 is 69.3. The lowest BCUT2D eigenvalue weighted by Crippen LogP contribution is -2.36. The smallest absolute Gasteiger partial charge is 0.259 e. The summed E-state index contributed by atoms with van der Waals surface area (Å²) >= 11 is 0. The van der Waals surface area contributed by atoms with Gasteiger partial charge in [-0.2, -0.15) is 13.2 Å². The van der Waals surface area contributed by atoms with Gasteiger partial charge in [-0.15, -0.1) is 0 Å². The van der Waals surface area contributed by atoms with E-state index in [9.17, 15) is 22.0 Å². The molecule has 1 aromatic heterocycles. The highest BCUT2D eigenvalue weighted by Crippen LogP contribution is 2.46. The van der Waals surface area contributed by atoms with Gasteiger partial charge in [-0.3, -0.25) is 4.98 Å². The van der Waals surface area contributed by atoms with E-state index >= 15 is 0 Å². The molecule has 1 aliphatic rings. The third-order valence-corrected chi connectivity index (χ3v) is 6.51. The number of hydrogen-bond donors (Lipinski definition) is 0. The molecule has 2 atom stereocenters. The molecule has 4 rings (SSSR count). The number of rotatable bonds is 6. The van der Waals surface area contributed by atoms with Gasteiger partial charge in [0, 0.05) is 18.7 Å². The maximum Gasteiger partial charge on any atom is 0.395 e. The van der Waals surface area contributed by atoms with Crippen LogP contribution in [-0.4, -0.2) is 11.2 Å². The Balaban J connectivity index is 2.01. The lowest BCUT2D eigenvalue weighted by Gasteiger charge is -2.38. The summed E-state index contributed by atoms with van der Waals surface area (Å²) in [7, 11) is 0. The zero-order valence-corrected chi connectivity index (χ0v) is 19.5. The highest BCUT2D eigenvalue weighted by molar-refractivity contribution is 5.54. The quantitative estimate of drug-likeness (QED) is 0.323.